The molecule has 0 fully saturated rings. The van der Waals surface area contributed by atoms with Crippen molar-refractivity contribution in [2.24, 2.45) is 0 Å². The number of ether oxygens (including phenoxy) is 1. The number of esters is 1. The molecule has 7 nitrogen and oxygen atoms in total. The maximum absolute atomic E-state index is 11.7. The molecule has 0 aliphatic carbocycles. The Balaban J connectivity index is 2.02. The highest BCUT2D eigenvalue weighted by molar-refractivity contribution is 9.10. The lowest BCUT2D eigenvalue weighted by Crippen LogP contribution is -2.11. The Labute approximate surface area is 117 Å². The number of nitrogens with two attached hydrogens (primary N) is 2. The van der Waals surface area contributed by atoms with Crippen molar-refractivity contribution in [2.45, 2.75) is 6.61 Å². The molecule has 0 unspecified atom stereocenters. The standard InChI is InChI=1S/C11H10BrN5O2/c12-7-3-1-6(2-4-7)9(18)19-5-8-15-10(13)17-11(14)16-8/h1-4H,5H2,(H4,13,14,15,16,17). The highest BCUT2D eigenvalue weighted by atomic mass is 79.9. The number of carbonyl (C=O) groups is 1. The van der Waals surface area contributed by atoms with Gasteiger partial charge in [-0.05, 0) is 24.3 Å². The number of nitrogens with zero attached hydrogens (tertiary/aromatic N) is 3. The number of rotatable bonds is 3. The Hall–Kier alpha value is -2.22. The van der Waals surface area contributed by atoms with Crippen molar-refractivity contribution in [1.82, 2.24) is 15.0 Å². The first-order valence-corrected chi connectivity index (χ1v) is 6.02. The second-order valence-corrected chi connectivity index (χ2v) is 4.47. The molecule has 0 atom stereocenters. The molecule has 1 heterocycles. The van der Waals surface area contributed by atoms with E-state index >= 15 is 0 Å². The minimum absolute atomic E-state index is 0.0119. The number of aromatic nitrogens is 3. The van der Waals surface area contributed by atoms with Crippen molar-refractivity contribution in [3.63, 3.8) is 0 Å². The Morgan fingerprint density at radius 2 is 1.68 bits per heavy atom. The van der Waals surface area contributed by atoms with Gasteiger partial charge in [0.1, 0.15) is 0 Å². The summed E-state index contributed by atoms with van der Waals surface area (Å²) in [5.74, 6) is -0.301. The zero-order chi connectivity index (χ0) is 13.8. The number of halogens is 1. The van der Waals surface area contributed by atoms with Crippen molar-refractivity contribution >= 4 is 33.8 Å². The molecule has 4 N–H and O–H groups in total. The van der Waals surface area contributed by atoms with Crippen molar-refractivity contribution in [1.29, 1.82) is 0 Å². The zero-order valence-electron chi connectivity index (χ0n) is 9.71. The molecule has 1 aromatic carbocycles. The predicted octanol–water partition coefficient (Wildman–Crippen LogP) is 1.16. The van der Waals surface area contributed by atoms with Gasteiger partial charge in [-0.3, -0.25) is 0 Å². The summed E-state index contributed by atoms with van der Waals surface area (Å²) >= 11 is 3.28. The molecule has 0 aliphatic rings. The number of hydrogen-bond acceptors (Lipinski definition) is 7. The molecule has 2 aromatic rings. The summed E-state index contributed by atoms with van der Waals surface area (Å²) in [4.78, 5) is 23.0. The van der Waals surface area contributed by atoms with Crippen molar-refractivity contribution < 1.29 is 9.53 Å². The van der Waals surface area contributed by atoms with Crippen LogP contribution in [0.15, 0.2) is 28.7 Å². The van der Waals surface area contributed by atoms with E-state index in [4.69, 9.17) is 16.2 Å². The number of hydrogen-bond donors (Lipinski definition) is 2. The van der Waals surface area contributed by atoms with Gasteiger partial charge in [0.05, 0.1) is 5.56 Å². The van der Waals surface area contributed by atoms with Crippen LogP contribution in [-0.4, -0.2) is 20.9 Å². The van der Waals surface area contributed by atoms with E-state index < -0.39 is 5.97 Å². The fourth-order valence-electron chi connectivity index (χ4n) is 1.32. The molecular weight excluding hydrogens is 314 g/mol. The maximum Gasteiger partial charge on any atom is 0.338 e. The molecule has 0 saturated heterocycles. The predicted molar refractivity (Wildman–Crippen MR) is 71.9 cm³/mol. The zero-order valence-corrected chi connectivity index (χ0v) is 11.3. The van der Waals surface area contributed by atoms with E-state index in [0.717, 1.165) is 4.47 Å². The molecule has 2 rings (SSSR count). The first kappa shape index (κ1) is 13.2. The van der Waals surface area contributed by atoms with Crippen LogP contribution in [0.2, 0.25) is 0 Å². The molecule has 0 aliphatic heterocycles. The van der Waals surface area contributed by atoms with E-state index in [2.05, 4.69) is 30.9 Å². The van der Waals surface area contributed by atoms with Crippen LogP contribution < -0.4 is 11.5 Å². The Morgan fingerprint density at radius 3 is 2.26 bits per heavy atom. The monoisotopic (exact) mass is 323 g/mol. The van der Waals surface area contributed by atoms with Crippen molar-refractivity contribution in [2.75, 3.05) is 11.5 Å². The van der Waals surface area contributed by atoms with Gasteiger partial charge in [-0.1, -0.05) is 15.9 Å². The van der Waals surface area contributed by atoms with E-state index in [9.17, 15) is 4.79 Å². The minimum Gasteiger partial charge on any atom is -0.454 e. The van der Waals surface area contributed by atoms with Crippen molar-refractivity contribution in [3.05, 3.63) is 40.1 Å². The van der Waals surface area contributed by atoms with Gasteiger partial charge in [0, 0.05) is 4.47 Å². The van der Waals surface area contributed by atoms with Crippen LogP contribution in [0.3, 0.4) is 0 Å². The van der Waals surface area contributed by atoms with E-state index in [-0.39, 0.29) is 24.3 Å². The SMILES string of the molecule is Nc1nc(N)nc(COC(=O)c2ccc(Br)cc2)n1. The fraction of sp³-hybridized carbons (Fsp3) is 0.0909. The average Bonchev–Trinajstić information content (AvgIpc) is 2.36. The Bertz CT molecular complexity index is 582. The van der Waals surface area contributed by atoms with Crippen LogP contribution >= 0.6 is 15.9 Å². The average molecular weight is 324 g/mol. The quantitative estimate of drug-likeness (QED) is 0.813. The van der Waals surface area contributed by atoms with Crippen LogP contribution in [0.1, 0.15) is 16.2 Å². The number of carbonyl (C=O) groups excluding carboxylic acids is 1. The summed E-state index contributed by atoms with van der Waals surface area (Å²) in [6.45, 7) is -0.119. The summed E-state index contributed by atoms with van der Waals surface area (Å²) in [6.07, 6.45) is 0. The lowest BCUT2D eigenvalue weighted by Gasteiger charge is -2.05. The van der Waals surface area contributed by atoms with Gasteiger partial charge in [-0.15, -0.1) is 0 Å². The van der Waals surface area contributed by atoms with E-state index in [1.807, 2.05) is 0 Å². The van der Waals surface area contributed by atoms with Gasteiger partial charge >= 0.3 is 5.97 Å². The molecular formula is C11H10BrN5O2. The molecule has 19 heavy (non-hydrogen) atoms. The second kappa shape index (κ2) is 5.61. The first-order chi connectivity index (χ1) is 9.04. The topological polar surface area (TPSA) is 117 Å². The minimum atomic E-state index is -0.481. The number of anilines is 2. The van der Waals surface area contributed by atoms with Crippen molar-refractivity contribution in [3.8, 4) is 0 Å². The van der Waals surface area contributed by atoms with Crippen LogP contribution in [0.25, 0.3) is 0 Å². The summed E-state index contributed by atoms with van der Waals surface area (Å²) in [7, 11) is 0. The molecule has 0 bridgehead atoms. The summed E-state index contributed by atoms with van der Waals surface area (Å²) in [6, 6.07) is 6.77. The molecule has 8 heteroatoms. The molecule has 0 amide bonds. The van der Waals surface area contributed by atoms with E-state index in [1.54, 1.807) is 24.3 Å². The molecule has 0 spiro atoms. The third-order valence-electron chi connectivity index (χ3n) is 2.13. The molecule has 98 valence electrons. The smallest absolute Gasteiger partial charge is 0.338 e. The third kappa shape index (κ3) is 3.62. The highest BCUT2D eigenvalue weighted by Crippen LogP contribution is 2.12. The Morgan fingerprint density at radius 1 is 1.11 bits per heavy atom. The first-order valence-electron chi connectivity index (χ1n) is 5.23. The molecule has 0 saturated carbocycles. The Kier molecular flexibility index (Phi) is 3.91. The van der Waals surface area contributed by atoms with E-state index in [0.29, 0.717) is 5.56 Å². The summed E-state index contributed by atoms with van der Waals surface area (Å²) in [5, 5.41) is 0. The normalized spacial score (nSPS) is 10.2. The lowest BCUT2D eigenvalue weighted by molar-refractivity contribution is 0.0462. The van der Waals surface area contributed by atoms with Crippen LogP contribution in [0.5, 0.6) is 0 Å². The lowest BCUT2D eigenvalue weighted by atomic mass is 10.2. The summed E-state index contributed by atoms with van der Waals surface area (Å²) < 4.78 is 5.92. The van der Waals surface area contributed by atoms with Gasteiger partial charge in [0.15, 0.2) is 12.4 Å². The van der Waals surface area contributed by atoms with E-state index in [1.165, 1.54) is 0 Å². The summed E-state index contributed by atoms with van der Waals surface area (Å²) in [5.41, 5.74) is 11.2. The second-order valence-electron chi connectivity index (χ2n) is 3.55. The number of benzene rings is 1. The van der Waals surface area contributed by atoms with Gasteiger partial charge in [-0.25, -0.2) is 4.79 Å². The highest BCUT2D eigenvalue weighted by Gasteiger charge is 2.09. The van der Waals surface area contributed by atoms with Gasteiger partial charge < -0.3 is 16.2 Å². The molecule has 1 aromatic heterocycles. The number of nitrogen functional groups attached to an aromatic ring is 2. The maximum atomic E-state index is 11.7. The third-order valence-corrected chi connectivity index (χ3v) is 2.66. The van der Waals surface area contributed by atoms with Gasteiger partial charge in [-0.2, -0.15) is 15.0 Å². The van der Waals surface area contributed by atoms with Gasteiger partial charge in [0.2, 0.25) is 11.9 Å². The van der Waals surface area contributed by atoms with Crippen LogP contribution in [0.4, 0.5) is 11.9 Å². The largest absolute Gasteiger partial charge is 0.454 e. The van der Waals surface area contributed by atoms with Crippen LogP contribution in [0, 0.1) is 0 Å². The van der Waals surface area contributed by atoms with Gasteiger partial charge in [0.25, 0.3) is 0 Å². The molecule has 0 radical (unpaired) electrons. The van der Waals surface area contributed by atoms with Crippen LogP contribution in [-0.2, 0) is 11.3 Å². The fourth-order valence-corrected chi connectivity index (χ4v) is 1.59.